The van der Waals surface area contributed by atoms with Crippen LogP contribution in [-0.4, -0.2) is 30.1 Å². The van der Waals surface area contributed by atoms with E-state index in [-0.39, 0.29) is 12.8 Å². The fraction of sp³-hybridized carbons (Fsp3) is 1.00. The van der Waals surface area contributed by atoms with Crippen molar-refractivity contribution in [1.82, 2.24) is 5.48 Å². The van der Waals surface area contributed by atoms with Crippen LogP contribution in [0.2, 0.25) is 0 Å². The summed E-state index contributed by atoms with van der Waals surface area (Å²) < 4.78 is 5.11. The minimum atomic E-state index is -0.597. The first-order valence-electron chi connectivity index (χ1n) is 4.49. The topological polar surface area (TPSA) is 50.7 Å². The van der Waals surface area contributed by atoms with Crippen molar-refractivity contribution in [3.63, 3.8) is 0 Å². The van der Waals surface area contributed by atoms with Gasteiger partial charge >= 0.3 is 0 Å². The van der Waals surface area contributed by atoms with Crippen molar-refractivity contribution in [2.75, 3.05) is 13.4 Å². The van der Waals surface area contributed by atoms with Crippen molar-refractivity contribution in [3.05, 3.63) is 0 Å². The second kappa shape index (κ2) is 3.30. The lowest BCUT2D eigenvalue weighted by atomic mass is 9.93. The Morgan fingerprint density at radius 1 is 1.33 bits per heavy atom. The highest BCUT2D eigenvalue weighted by Gasteiger charge is 2.40. The maximum absolute atomic E-state index is 10.1. The zero-order valence-electron chi connectivity index (χ0n) is 7.08. The Morgan fingerprint density at radius 2 is 2.08 bits per heavy atom. The normalized spacial score (nSPS) is 35.2. The van der Waals surface area contributed by atoms with Crippen LogP contribution in [0.15, 0.2) is 0 Å². The highest BCUT2D eigenvalue weighted by molar-refractivity contribution is 4.94. The zero-order valence-corrected chi connectivity index (χ0v) is 7.08. The molecule has 1 heterocycles. The van der Waals surface area contributed by atoms with E-state index in [9.17, 15) is 5.11 Å². The average Bonchev–Trinajstić information content (AvgIpc) is 2.55. The molecular weight excluding hydrogens is 158 g/mol. The van der Waals surface area contributed by atoms with Crippen LogP contribution >= 0.6 is 0 Å². The van der Waals surface area contributed by atoms with Crippen LogP contribution in [0.25, 0.3) is 0 Å². The van der Waals surface area contributed by atoms with Crippen molar-refractivity contribution in [1.29, 1.82) is 0 Å². The van der Waals surface area contributed by atoms with Gasteiger partial charge in [-0.05, 0) is 12.8 Å². The molecule has 70 valence electrons. The van der Waals surface area contributed by atoms with Crippen LogP contribution in [0.3, 0.4) is 0 Å². The predicted molar refractivity (Wildman–Crippen MR) is 42.2 cm³/mol. The van der Waals surface area contributed by atoms with E-state index >= 15 is 0 Å². The molecule has 1 atom stereocenters. The molecule has 1 aliphatic heterocycles. The smallest absolute Gasteiger partial charge is 0.166 e. The van der Waals surface area contributed by atoms with E-state index in [1.807, 2.05) is 0 Å². The van der Waals surface area contributed by atoms with Gasteiger partial charge in [-0.1, -0.05) is 12.8 Å². The lowest BCUT2D eigenvalue weighted by Gasteiger charge is -2.35. The third kappa shape index (κ3) is 1.47. The molecule has 2 rings (SSSR count). The van der Waals surface area contributed by atoms with E-state index in [2.05, 4.69) is 5.48 Å². The fourth-order valence-corrected chi connectivity index (χ4v) is 1.98. The summed E-state index contributed by atoms with van der Waals surface area (Å²) in [5.74, 6) is 0. The number of aliphatic hydroxyl groups is 1. The van der Waals surface area contributed by atoms with Crippen molar-refractivity contribution in [2.45, 2.75) is 37.3 Å². The molecule has 4 nitrogen and oxygen atoms in total. The standard InChI is InChI=1S/C8H15NO3/c10-8(3-1-2-4-8)7-5-11-6-12-9-7/h7,9-10H,1-6H2. The summed E-state index contributed by atoms with van der Waals surface area (Å²) in [5.41, 5.74) is 2.23. The molecule has 1 saturated heterocycles. The second-order valence-corrected chi connectivity index (χ2v) is 3.61. The molecule has 0 radical (unpaired) electrons. The van der Waals surface area contributed by atoms with Gasteiger partial charge in [-0.3, -0.25) is 4.84 Å². The second-order valence-electron chi connectivity index (χ2n) is 3.61. The first kappa shape index (κ1) is 8.44. The molecule has 2 fully saturated rings. The molecule has 2 aliphatic rings. The highest BCUT2D eigenvalue weighted by atomic mass is 16.8. The highest BCUT2D eigenvalue weighted by Crippen LogP contribution is 2.33. The Bertz CT molecular complexity index is 150. The summed E-state index contributed by atoms with van der Waals surface area (Å²) in [6.45, 7) is 0.836. The zero-order chi connectivity index (χ0) is 8.44. The lowest BCUT2D eigenvalue weighted by Crippen LogP contribution is -2.54. The van der Waals surface area contributed by atoms with Gasteiger partial charge in [0, 0.05) is 0 Å². The van der Waals surface area contributed by atoms with E-state index in [1.165, 1.54) is 0 Å². The molecule has 0 aromatic carbocycles. The van der Waals surface area contributed by atoms with E-state index < -0.39 is 5.60 Å². The van der Waals surface area contributed by atoms with Crippen molar-refractivity contribution < 1.29 is 14.7 Å². The van der Waals surface area contributed by atoms with Gasteiger partial charge in [-0.15, -0.1) is 0 Å². The third-order valence-electron chi connectivity index (χ3n) is 2.77. The van der Waals surface area contributed by atoms with E-state index in [4.69, 9.17) is 9.57 Å². The summed E-state index contributed by atoms with van der Waals surface area (Å²) in [4.78, 5) is 4.93. The van der Waals surface area contributed by atoms with Crippen LogP contribution in [0.5, 0.6) is 0 Å². The maximum atomic E-state index is 10.1. The lowest BCUT2D eigenvalue weighted by molar-refractivity contribution is -0.199. The Kier molecular flexibility index (Phi) is 2.32. The molecular formula is C8H15NO3. The Morgan fingerprint density at radius 3 is 2.67 bits per heavy atom. The van der Waals surface area contributed by atoms with Crippen LogP contribution < -0.4 is 5.48 Å². The minimum absolute atomic E-state index is 0.0475. The SMILES string of the molecule is OC1(C2COCON2)CCCC1. The van der Waals surface area contributed by atoms with Crippen LogP contribution in [0.1, 0.15) is 25.7 Å². The van der Waals surface area contributed by atoms with Gasteiger partial charge in [0.1, 0.15) is 0 Å². The van der Waals surface area contributed by atoms with Crippen LogP contribution in [-0.2, 0) is 9.57 Å². The van der Waals surface area contributed by atoms with Gasteiger partial charge in [-0.2, -0.15) is 5.48 Å². The van der Waals surface area contributed by atoms with Gasteiger partial charge in [-0.25, -0.2) is 0 Å². The largest absolute Gasteiger partial charge is 0.388 e. The Labute approximate surface area is 71.8 Å². The molecule has 1 aliphatic carbocycles. The molecule has 0 amide bonds. The number of rotatable bonds is 1. The van der Waals surface area contributed by atoms with E-state index in [1.54, 1.807) is 0 Å². The Hall–Kier alpha value is -0.160. The van der Waals surface area contributed by atoms with Crippen molar-refractivity contribution in [3.8, 4) is 0 Å². The van der Waals surface area contributed by atoms with Crippen molar-refractivity contribution in [2.24, 2.45) is 0 Å². The molecule has 1 saturated carbocycles. The molecule has 2 N–H and O–H groups in total. The van der Waals surface area contributed by atoms with E-state index in [0.29, 0.717) is 6.61 Å². The molecule has 12 heavy (non-hydrogen) atoms. The van der Waals surface area contributed by atoms with Gasteiger partial charge in [0.2, 0.25) is 0 Å². The summed E-state index contributed by atoms with van der Waals surface area (Å²) in [5, 5.41) is 10.1. The van der Waals surface area contributed by atoms with Gasteiger partial charge in [0.25, 0.3) is 0 Å². The molecule has 0 bridgehead atoms. The molecule has 0 aromatic heterocycles. The molecule has 4 heteroatoms. The van der Waals surface area contributed by atoms with Gasteiger partial charge in [0.15, 0.2) is 6.79 Å². The number of hydrogen-bond acceptors (Lipinski definition) is 4. The monoisotopic (exact) mass is 173 g/mol. The Balaban J connectivity index is 1.96. The summed E-state index contributed by atoms with van der Waals surface area (Å²) >= 11 is 0. The third-order valence-corrected chi connectivity index (χ3v) is 2.77. The van der Waals surface area contributed by atoms with Gasteiger partial charge < -0.3 is 9.84 Å². The predicted octanol–water partition coefficient (Wildman–Crippen LogP) is 0.169. The van der Waals surface area contributed by atoms with Crippen molar-refractivity contribution >= 4 is 0 Å². The first-order chi connectivity index (χ1) is 5.81. The quantitative estimate of drug-likeness (QED) is 0.593. The summed E-state index contributed by atoms with van der Waals surface area (Å²) in [6.07, 6.45) is 3.93. The maximum Gasteiger partial charge on any atom is 0.166 e. The number of nitrogens with one attached hydrogen (secondary N) is 1. The molecule has 0 aromatic rings. The number of hydrogen-bond donors (Lipinski definition) is 2. The number of ether oxygens (including phenoxy) is 1. The van der Waals surface area contributed by atoms with Gasteiger partial charge in [0.05, 0.1) is 18.2 Å². The van der Waals surface area contributed by atoms with Crippen LogP contribution in [0.4, 0.5) is 0 Å². The molecule has 1 unspecified atom stereocenters. The minimum Gasteiger partial charge on any atom is -0.388 e. The summed E-state index contributed by atoms with van der Waals surface area (Å²) in [6, 6.07) is -0.0475. The summed E-state index contributed by atoms with van der Waals surface area (Å²) in [7, 11) is 0. The first-order valence-corrected chi connectivity index (χ1v) is 4.49. The average molecular weight is 173 g/mol. The molecule has 0 spiro atoms. The van der Waals surface area contributed by atoms with Crippen LogP contribution in [0, 0.1) is 0 Å². The number of hydroxylamine groups is 1. The fourth-order valence-electron chi connectivity index (χ4n) is 1.98. The van der Waals surface area contributed by atoms with E-state index in [0.717, 1.165) is 25.7 Å².